The van der Waals surface area contributed by atoms with Crippen molar-refractivity contribution in [3.8, 4) is 0 Å². The lowest BCUT2D eigenvalue weighted by Gasteiger charge is -2.35. The molecule has 0 atom stereocenters. The van der Waals surface area contributed by atoms with Crippen LogP contribution in [0.1, 0.15) is 15.9 Å². The molecule has 0 N–H and O–H groups in total. The molecule has 1 aliphatic heterocycles. The highest BCUT2D eigenvalue weighted by atomic mass is 32.2. The van der Waals surface area contributed by atoms with Crippen molar-refractivity contribution in [3.05, 3.63) is 96.1 Å². The molecule has 1 amide bonds. The van der Waals surface area contributed by atoms with Crippen molar-refractivity contribution in [3.63, 3.8) is 0 Å². The topological polar surface area (TPSA) is 60.9 Å². The van der Waals surface area contributed by atoms with Gasteiger partial charge in [0.25, 0.3) is 15.9 Å². The van der Waals surface area contributed by atoms with Crippen molar-refractivity contribution in [2.45, 2.75) is 11.4 Å². The molecular formula is C25H27N3O3S. The van der Waals surface area contributed by atoms with E-state index in [0.29, 0.717) is 18.8 Å². The van der Waals surface area contributed by atoms with Gasteiger partial charge in [0.2, 0.25) is 0 Å². The molecule has 32 heavy (non-hydrogen) atoms. The van der Waals surface area contributed by atoms with E-state index in [-0.39, 0.29) is 16.4 Å². The van der Waals surface area contributed by atoms with Crippen LogP contribution >= 0.6 is 0 Å². The maximum Gasteiger partial charge on any atom is 0.264 e. The molecule has 0 spiro atoms. The summed E-state index contributed by atoms with van der Waals surface area (Å²) in [4.78, 5) is 17.4. The van der Waals surface area contributed by atoms with Crippen LogP contribution in [-0.4, -0.2) is 57.4 Å². The van der Waals surface area contributed by atoms with Gasteiger partial charge in [-0.25, -0.2) is 8.42 Å². The van der Waals surface area contributed by atoms with Gasteiger partial charge in [0.1, 0.15) is 4.90 Å². The predicted molar refractivity (Wildman–Crippen MR) is 126 cm³/mol. The van der Waals surface area contributed by atoms with Gasteiger partial charge in [0.15, 0.2) is 0 Å². The Morgan fingerprint density at radius 3 is 2.03 bits per heavy atom. The number of piperazine rings is 1. The first kappa shape index (κ1) is 22.0. The molecule has 0 bridgehead atoms. The van der Waals surface area contributed by atoms with Crippen LogP contribution < -0.4 is 4.31 Å². The minimum Gasteiger partial charge on any atom is -0.336 e. The fourth-order valence-corrected chi connectivity index (χ4v) is 5.29. The second-order valence-electron chi connectivity index (χ2n) is 7.86. The van der Waals surface area contributed by atoms with E-state index in [1.54, 1.807) is 47.4 Å². The average Bonchev–Trinajstić information content (AvgIpc) is 2.85. The van der Waals surface area contributed by atoms with Gasteiger partial charge in [-0.2, -0.15) is 0 Å². The fourth-order valence-electron chi connectivity index (χ4n) is 3.91. The Bertz CT molecular complexity index is 1160. The summed E-state index contributed by atoms with van der Waals surface area (Å²) < 4.78 is 27.9. The maximum absolute atomic E-state index is 13.3. The van der Waals surface area contributed by atoms with E-state index in [4.69, 9.17) is 0 Å². The van der Waals surface area contributed by atoms with Gasteiger partial charge in [-0.15, -0.1) is 0 Å². The summed E-state index contributed by atoms with van der Waals surface area (Å²) in [6, 6.07) is 25.6. The lowest BCUT2D eigenvalue weighted by atomic mass is 10.1. The van der Waals surface area contributed by atoms with Crippen molar-refractivity contribution >= 4 is 21.6 Å². The van der Waals surface area contributed by atoms with E-state index in [9.17, 15) is 13.2 Å². The second kappa shape index (κ2) is 9.54. The highest BCUT2D eigenvalue weighted by molar-refractivity contribution is 7.92. The Hall–Kier alpha value is -3.16. The van der Waals surface area contributed by atoms with Crippen LogP contribution in [-0.2, 0) is 16.6 Å². The number of para-hydroxylation sites is 1. The molecule has 0 aromatic heterocycles. The SMILES string of the molecule is CN(c1ccccc1)S(=O)(=O)c1ccccc1C(=O)N1CCN(Cc2ccccc2)CC1. The molecule has 0 radical (unpaired) electrons. The molecule has 0 saturated carbocycles. The number of carbonyl (C=O) groups excluding carboxylic acids is 1. The van der Waals surface area contributed by atoms with Crippen LogP contribution in [0.15, 0.2) is 89.8 Å². The third-order valence-electron chi connectivity index (χ3n) is 5.78. The molecule has 1 fully saturated rings. The largest absolute Gasteiger partial charge is 0.336 e. The lowest BCUT2D eigenvalue weighted by molar-refractivity contribution is 0.0624. The highest BCUT2D eigenvalue weighted by Gasteiger charge is 2.30. The monoisotopic (exact) mass is 449 g/mol. The number of hydrogen-bond donors (Lipinski definition) is 0. The molecule has 166 valence electrons. The first-order valence-electron chi connectivity index (χ1n) is 10.7. The summed E-state index contributed by atoms with van der Waals surface area (Å²) in [6.45, 7) is 3.47. The number of anilines is 1. The van der Waals surface area contributed by atoms with E-state index in [0.717, 1.165) is 19.6 Å². The molecule has 6 nitrogen and oxygen atoms in total. The van der Waals surface area contributed by atoms with Gasteiger partial charge in [-0.1, -0.05) is 60.7 Å². The fraction of sp³-hybridized carbons (Fsp3) is 0.240. The molecule has 3 aromatic rings. The quantitative estimate of drug-likeness (QED) is 0.578. The molecule has 4 rings (SSSR count). The van der Waals surface area contributed by atoms with E-state index >= 15 is 0 Å². The highest BCUT2D eigenvalue weighted by Crippen LogP contribution is 2.25. The van der Waals surface area contributed by atoms with Gasteiger partial charge < -0.3 is 4.90 Å². The Kier molecular flexibility index (Phi) is 6.58. The first-order chi connectivity index (χ1) is 15.5. The normalized spacial score (nSPS) is 14.8. The summed E-state index contributed by atoms with van der Waals surface area (Å²) in [6.07, 6.45) is 0. The molecule has 0 unspecified atom stereocenters. The van der Waals surface area contributed by atoms with Gasteiger partial charge in [0.05, 0.1) is 11.3 Å². The second-order valence-corrected chi connectivity index (χ2v) is 9.80. The molecule has 1 heterocycles. The summed E-state index contributed by atoms with van der Waals surface area (Å²) in [5, 5.41) is 0. The number of amides is 1. The summed E-state index contributed by atoms with van der Waals surface area (Å²) in [7, 11) is -2.37. The van der Waals surface area contributed by atoms with Crippen LogP contribution in [0.3, 0.4) is 0 Å². The van der Waals surface area contributed by atoms with Crippen LogP contribution in [0.5, 0.6) is 0 Å². The first-order valence-corrected chi connectivity index (χ1v) is 12.1. The van der Waals surface area contributed by atoms with E-state index < -0.39 is 10.0 Å². The van der Waals surface area contributed by atoms with E-state index in [1.807, 2.05) is 24.3 Å². The zero-order chi connectivity index (χ0) is 22.6. The van der Waals surface area contributed by atoms with Crippen molar-refractivity contribution in [2.24, 2.45) is 0 Å². The number of hydrogen-bond acceptors (Lipinski definition) is 4. The zero-order valence-electron chi connectivity index (χ0n) is 18.1. The number of nitrogens with zero attached hydrogens (tertiary/aromatic N) is 3. The smallest absolute Gasteiger partial charge is 0.264 e. The van der Waals surface area contributed by atoms with Gasteiger partial charge >= 0.3 is 0 Å². The van der Waals surface area contributed by atoms with Crippen molar-refractivity contribution in [1.29, 1.82) is 0 Å². The Balaban J connectivity index is 1.50. The molecule has 0 aliphatic carbocycles. The summed E-state index contributed by atoms with van der Waals surface area (Å²) in [5.41, 5.74) is 2.00. The van der Waals surface area contributed by atoms with Crippen LogP contribution in [0, 0.1) is 0 Å². The van der Waals surface area contributed by atoms with Crippen molar-refractivity contribution in [1.82, 2.24) is 9.80 Å². The molecule has 3 aromatic carbocycles. The van der Waals surface area contributed by atoms with Gasteiger partial charge in [-0.05, 0) is 29.8 Å². The lowest BCUT2D eigenvalue weighted by Crippen LogP contribution is -2.48. The molecule has 1 aliphatic rings. The Labute approximate surface area is 189 Å². The van der Waals surface area contributed by atoms with Crippen molar-refractivity contribution < 1.29 is 13.2 Å². The number of carbonyl (C=O) groups is 1. The zero-order valence-corrected chi connectivity index (χ0v) is 18.9. The van der Waals surface area contributed by atoms with E-state index in [2.05, 4.69) is 17.0 Å². The van der Waals surface area contributed by atoms with Crippen LogP contribution in [0.2, 0.25) is 0 Å². The predicted octanol–water partition coefficient (Wildman–Crippen LogP) is 3.47. The van der Waals surface area contributed by atoms with Crippen LogP contribution in [0.25, 0.3) is 0 Å². The number of benzene rings is 3. The standard InChI is InChI=1S/C25H27N3O3S/c1-26(22-12-6-3-7-13-22)32(30,31)24-15-9-8-14-23(24)25(29)28-18-16-27(17-19-28)20-21-10-4-2-5-11-21/h2-15H,16-20H2,1H3. The third-order valence-corrected chi connectivity index (χ3v) is 7.63. The summed E-state index contributed by atoms with van der Waals surface area (Å²) >= 11 is 0. The van der Waals surface area contributed by atoms with E-state index in [1.165, 1.54) is 23.0 Å². The average molecular weight is 450 g/mol. The van der Waals surface area contributed by atoms with Gasteiger partial charge in [0, 0.05) is 39.8 Å². The Morgan fingerprint density at radius 2 is 1.38 bits per heavy atom. The van der Waals surface area contributed by atoms with Gasteiger partial charge in [-0.3, -0.25) is 14.0 Å². The van der Waals surface area contributed by atoms with Crippen LogP contribution in [0.4, 0.5) is 5.69 Å². The minimum absolute atomic E-state index is 0.0306. The summed E-state index contributed by atoms with van der Waals surface area (Å²) in [5.74, 6) is -0.245. The minimum atomic E-state index is -3.88. The molecule has 1 saturated heterocycles. The molecule has 7 heteroatoms. The maximum atomic E-state index is 13.3. The molecular weight excluding hydrogens is 422 g/mol. The van der Waals surface area contributed by atoms with Crippen molar-refractivity contribution in [2.75, 3.05) is 37.5 Å². The number of rotatable bonds is 6. The Morgan fingerprint density at radius 1 is 0.812 bits per heavy atom. The third kappa shape index (κ3) is 4.69. The number of sulfonamides is 1.